The molecule has 0 saturated heterocycles. The molecule has 0 saturated carbocycles. The Hall–Kier alpha value is -2.69. The summed E-state index contributed by atoms with van der Waals surface area (Å²) in [5.74, 6) is 4.57. The molecule has 0 heterocycles. The van der Waals surface area contributed by atoms with Crippen LogP contribution in [0.25, 0.3) is 0 Å². The molecule has 0 unspecified atom stereocenters. The first-order valence-corrected chi connectivity index (χ1v) is 8.37. The quantitative estimate of drug-likeness (QED) is 0.383. The Kier molecular flexibility index (Phi) is 8.66. The standard InChI is InChI=1S/C17H28N6O4/c1-17(2,3)27-16(26)20-19-14(24)12-23(21-15(25)11-22(4)18)10-13-8-6-5-7-9-13/h5-9H,10-12,18H2,1-4H3,(H,19,24)(H,20,26)(H,21,25). The molecule has 0 atom stereocenters. The van der Waals surface area contributed by atoms with Crippen molar-refractivity contribution in [3.63, 3.8) is 0 Å². The average Bonchev–Trinajstić information content (AvgIpc) is 2.51. The summed E-state index contributed by atoms with van der Waals surface area (Å²) in [4.78, 5) is 35.7. The molecule has 0 spiro atoms. The van der Waals surface area contributed by atoms with E-state index >= 15 is 0 Å². The van der Waals surface area contributed by atoms with Crippen LogP contribution in [0.2, 0.25) is 0 Å². The average molecular weight is 380 g/mol. The van der Waals surface area contributed by atoms with E-state index < -0.39 is 17.6 Å². The zero-order valence-electron chi connectivity index (χ0n) is 16.1. The summed E-state index contributed by atoms with van der Waals surface area (Å²) >= 11 is 0. The number of hydrogen-bond acceptors (Lipinski definition) is 7. The topological polar surface area (TPSA) is 129 Å². The van der Waals surface area contributed by atoms with Gasteiger partial charge in [-0.1, -0.05) is 30.3 Å². The van der Waals surface area contributed by atoms with Crippen LogP contribution in [-0.4, -0.2) is 53.7 Å². The second-order valence-electron chi connectivity index (χ2n) is 6.97. The highest BCUT2D eigenvalue weighted by Crippen LogP contribution is 2.06. The lowest BCUT2D eigenvalue weighted by Gasteiger charge is -2.24. The SMILES string of the molecule is CN(N)CC(=O)NN(CC(=O)NNC(=O)OC(C)(C)C)Cc1ccccc1. The van der Waals surface area contributed by atoms with E-state index in [1.807, 2.05) is 30.3 Å². The summed E-state index contributed by atoms with van der Waals surface area (Å²) in [6.07, 6.45) is -0.778. The molecule has 27 heavy (non-hydrogen) atoms. The van der Waals surface area contributed by atoms with E-state index in [0.717, 1.165) is 5.56 Å². The van der Waals surface area contributed by atoms with E-state index in [4.69, 9.17) is 10.6 Å². The molecule has 1 rings (SSSR count). The summed E-state index contributed by atoms with van der Waals surface area (Å²) < 4.78 is 5.03. The summed E-state index contributed by atoms with van der Waals surface area (Å²) in [7, 11) is 1.55. The van der Waals surface area contributed by atoms with Crippen molar-refractivity contribution in [3.05, 3.63) is 35.9 Å². The Morgan fingerprint density at radius 3 is 2.22 bits per heavy atom. The third-order valence-corrected chi connectivity index (χ3v) is 2.93. The molecule has 0 aliphatic rings. The summed E-state index contributed by atoms with van der Waals surface area (Å²) in [6, 6.07) is 9.31. The Bertz CT molecular complexity index is 630. The molecule has 1 aromatic carbocycles. The van der Waals surface area contributed by atoms with Gasteiger partial charge < -0.3 is 4.74 Å². The normalized spacial score (nSPS) is 11.2. The van der Waals surface area contributed by atoms with Gasteiger partial charge in [-0.2, -0.15) is 0 Å². The summed E-state index contributed by atoms with van der Waals surface area (Å²) in [5, 5.41) is 2.65. The van der Waals surface area contributed by atoms with Crippen LogP contribution in [0.3, 0.4) is 0 Å². The van der Waals surface area contributed by atoms with Gasteiger partial charge in [0.25, 0.3) is 5.91 Å². The van der Waals surface area contributed by atoms with Crippen LogP contribution in [0, 0.1) is 0 Å². The fraction of sp³-hybridized carbons (Fsp3) is 0.471. The summed E-state index contributed by atoms with van der Waals surface area (Å²) in [5.41, 5.74) is 7.24. The van der Waals surface area contributed by atoms with Gasteiger partial charge >= 0.3 is 6.09 Å². The third kappa shape index (κ3) is 10.8. The number of nitrogens with two attached hydrogens (primary N) is 1. The van der Waals surface area contributed by atoms with Gasteiger partial charge in [0.15, 0.2) is 0 Å². The maximum Gasteiger partial charge on any atom is 0.426 e. The van der Waals surface area contributed by atoms with Crippen molar-refractivity contribution in [2.75, 3.05) is 20.1 Å². The van der Waals surface area contributed by atoms with Gasteiger partial charge in [0.1, 0.15) is 5.60 Å². The van der Waals surface area contributed by atoms with Crippen molar-refractivity contribution in [3.8, 4) is 0 Å². The number of amides is 3. The first-order chi connectivity index (χ1) is 12.5. The van der Waals surface area contributed by atoms with Crippen LogP contribution in [0.5, 0.6) is 0 Å². The van der Waals surface area contributed by atoms with Gasteiger partial charge in [-0.3, -0.25) is 26.3 Å². The molecular weight excluding hydrogens is 352 g/mol. The highest BCUT2D eigenvalue weighted by Gasteiger charge is 2.18. The van der Waals surface area contributed by atoms with E-state index in [9.17, 15) is 14.4 Å². The maximum absolute atomic E-state index is 12.1. The van der Waals surface area contributed by atoms with Gasteiger partial charge in [0.2, 0.25) is 5.91 Å². The predicted molar refractivity (Wildman–Crippen MR) is 99.3 cm³/mol. The minimum absolute atomic E-state index is 0.0386. The van der Waals surface area contributed by atoms with Gasteiger partial charge in [0.05, 0.1) is 13.1 Å². The number of hydrazine groups is 3. The number of benzene rings is 1. The molecule has 150 valence electrons. The molecule has 10 nitrogen and oxygen atoms in total. The molecule has 0 aliphatic heterocycles. The van der Waals surface area contributed by atoms with Gasteiger partial charge in [0, 0.05) is 13.6 Å². The van der Waals surface area contributed by atoms with Gasteiger partial charge in [-0.15, -0.1) is 0 Å². The number of likely N-dealkylation sites (N-methyl/N-ethyl adjacent to an activating group) is 1. The molecule has 0 aromatic heterocycles. The molecule has 0 radical (unpaired) electrons. The van der Waals surface area contributed by atoms with Crippen molar-refractivity contribution in [2.24, 2.45) is 5.84 Å². The van der Waals surface area contributed by atoms with E-state index in [-0.39, 0.29) is 19.0 Å². The van der Waals surface area contributed by atoms with Gasteiger partial charge in [-0.25, -0.2) is 20.2 Å². The fourth-order valence-corrected chi connectivity index (χ4v) is 2.01. The number of ether oxygens (including phenoxy) is 1. The molecule has 10 heteroatoms. The molecular formula is C17H28N6O4. The van der Waals surface area contributed by atoms with Crippen molar-refractivity contribution < 1.29 is 19.1 Å². The molecule has 1 aromatic rings. The first-order valence-electron chi connectivity index (χ1n) is 8.37. The molecule has 0 aliphatic carbocycles. The molecule has 3 amide bonds. The molecule has 5 N–H and O–H groups in total. The first kappa shape index (κ1) is 22.4. The number of nitrogens with one attached hydrogen (secondary N) is 3. The Morgan fingerprint density at radius 1 is 1.04 bits per heavy atom. The van der Waals surface area contributed by atoms with Crippen molar-refractivity contribution >= 4 is 17.9 Å². The second kappa shape index (κ2) is 10.5. The van der Waals surface area contributed by atoms with Crippen molar-refractivity contribution in [2.45, 2.75) is 32.9 Å². The highest BCUT2D eigenvalue weighted by molar-refractivity contribution is 5.82. The van der Waals surface area contributed by atoms with Crippen LogP contribution < -0.4 is 22.1 Å². The second-order valence-corrected chi connectivity index (χ2v) is 6.97. The lowest BCUT2D eigenvalue weighted by atomic mass is 10.2. The largest absolute Gasteiger partial charge is 0.443 e. The lowest BCUT2D eigenvalue weighted by molar-refractivity contribution is -0.130. The van der Waals surface area contributed by atoms with E-state index in [1.54, 1.807) is 27.8 Å². The Morgan fingerprint density at radius 2 is 1.67 bits per heavy atom. The van der Waals surface area contributed by atoms with Crippen molar-refractivity contribution in [1.82, 2.24) is 26.3 Å². The third-order valence-electron chi connectivity index (χ3n) is 2.93. The lowest BCUT2D eigenvalue weighted by Crippen LogP contribution is -2.53. The van der Waals surface area contributed by atoms with Gasteiger partial charge in [-0.05, 0) is 26.3 Å². The van der Waals surface area contributed by atoms with Crippen LogP contribution >= 0.6 is 0 Å². The fourth-order valence-electron chi connectivity index (χ4n) is 2.01. The zero-order valence-corrected chi connectivity index (χ0v) is 16.1. The number of rotatable bonds is 7. The number of carbonyl (C=O) groups excluding carboxylic acids is 3. The minimum Gasteiger partial charge on any atom is -0.443 e. The smallest absolute Gasteiger partial charge is 0.426 e. The van der Waals surface area contributed by atoms with Crippen LogP contribution in [-0.2, 0) is 20.9 Å². The summed E-state index contributed by atoms with van der Waals surface area (Å²) in [6.45, 7) is 5.19. The number of carbonyl (C=O) groups is 3. The monoisotopic (exact) mass is 380 g/mol. The zero-order chi connectivity index (χ0) is 20.4. The van der Waals surface area contributed by atoms with Crippen LogP contribution in [0.1, 0.15) is 26.3 Å². The van der Waals surface area contributed by atoms with E-state index in [1.165, 1.54) is 10.0 Å². The van der Waals surface area contributed by atoms with Crippen molar-refractivity contribution in [1.29, 1.82) is 0 Å². The predicted octanol–water partition coefficient (Wildman–Crippen LogP) is -0.119. The highest BCUT2D eigenvalue weighted by atomic mass is 16.6. The number of hydrogen-bond donors (Lipinski definition) is 4. The minimum atomic E-state index is -0.778. The van der Waals surface area contributed by atoms with Crippen LogP contribution in [0.4, 0.5) is 4.79 Å². The molecule has 0 bridgehead atoms. The molecule has 0 fully saturated rings. The maximum atomic E-state index is 12.1. The van der Waals surface area contributed by atoms with E-state index in [2.05, 4.69) is 16.3 Å². The van der Waals surface area contributed by atoms with Crippen LogP contribution in [0.15, 0.2) is 30.3 Å². The van der Waals surface area contributed by atoms with E-state index in [0.29, 0.717) is 6.54 Å². The number of nitrogens with zero attached hydrogens (tertiary/aromatic N) is 2. The Balaban J connectivity index is 2.62. The Labute approximate surface area is 158 Å².